The van der Waals surface area contributed by atoms with Crippen LogP contribution in [0.3, 0.4) is 0 Å². The Hall–Kier alpha value is -4.48. The van der Waals surface area contributed by atoms with Gasteiger partial charge in [0.15, 0.2) is 5.82 Å². The molecular weight excluding hydrogens is 472 g/mol. The number of carbonyl (C=O) groups excluding carboxylic acids is 2. The lowest BCUT2D eigenvalue weighted by molar-refractivity contribution is -0.120. The largest absolute Gasteiger partial charge is 0.326 e. The molecule has 2 amide bonds. The topological polar surface area (TPSA) is 145 Å². The number of H-pyrrole nitrogens is 1. The van der Waals surface area contributed by atoms with Crippen LogP contribution in [-0.2, 0) is 9.59 Å². The summed E-state index contributed by atoms with van der Waals surface area (Å²) in [4.78, 5) is 40.5. The molecule has 0 aromatic carbocycles. The van der Waals surface area contributed by atoms with Crippen molar-refractivity contribution in [3.05, 3.63) is 48.4 Å². The van der Waals surface area contributed by atoms with Crippen LogP contribution in [-0.4, -0.2) is 53.4 Å². The lowest BCUT2D eigenvalue weighted by Crippen LogP contribution is -2.51. The van der Waals surface area contributed by atoms with Crippen molar-refractivity contribution in [1.82, 2.24) is 29.5 Å². The van der Waals surface area contributed by atoms with E-state index in [1.54, 1.807) is 12.1 Å². The summed E-state index contributed by atoms with van der Waals surface area (Å²) in [5, 5.41) is 16.4. The summed E-state index contributed by atoms with van der Waals surface area (Å²) in [6.45, 7) is 3.97. The summed E-state index contributed by atoms with van der Waals surface area (Å²) in [6.07, 6.45) is 7.27. The minimum absolute atomic E-state index is 0.172. The van der Waals surface area contributed by atoms with Gasteiger partial charge in [-0.2, -0.15) is 15.1 Å². The number of rotatable bonds is 7. The van der Waals surface area contributed by atoms with Gasteiger partial charge in [-0.25, -0.2) is 4.98 Å². The maximum absolute atomic E-state index is 13.5. The van der Waals surface area contributed by atoms with Gasteiger partial charge in [-0.3, -0.25) is 19.1 Å². The number of hydrogen-bond donors (Lipinski definition) is 4. The fourth-order valence-corrected chi connectivity index (χ4v) is 4.75. The van der Waals surface area contributed by atoms with Gasteiger partial charge < -0.3 is 20.9 Å². The molecule has 12 nitrogen and oxygen atoms in total. The number of carbonyl (C=O) groups is 2. The number of nitrogens with one attached hydrogen (secondary N) is 4. The SMILES string of the molecule is CC(=O)Nc1ccc(NC(=O)[C@]2(C)CCCN2c2nc(Nc3cc(C4CC4)[nH]n3)n3cccc3n2)cn1. The van der Waals surface area contributed by atoms with Crippen LogP contribution < -0.4 is 20.9 Å². The molecule has 6 rings (SSSR count). The first-order valence-corrected chi connectivity index (χ1v) is 12.4. The van der Waals surface area contributed by atoms with Crippen LogP contribution in [0.5, 0.6) is 0 Å². The first kappa shape index (κ1) is 23.0. The Kier molecular flexibility index (Phi) is 5.50. The molecule has 0 unspecified atom stereocenters. The van der Waals surface area contributed by atoms with E-state index in [1.165, 1.54) is 26.0 Å². The van der Waals surface area contributed by atoms with Crippen molar-refractivity contribution in [3.8, 4) is 0 Å². The minimum Gasteiger partial charge on any atom is -0.326 e. The van der Waals surface area contributed by atoms with Crippen molar-refractivity contribution in [1.29, 1.82) is 0 Å². The maximum Gasteiger partial charge on any atom is 0.250 e. The Balaban J connectivity index is 1.25. The lowest BCUT2D eigenvalue weighted by atomic mass is 9.97. The summed E-state index contributed by atoms with van der Waals surface area (Å²) >= 11 is 0. The fraction of sp³-hybridized carbons (Fsp3) is 0.360. The molecule has 1 saturated heterocycles. The molecular formula is C25H28N10O2. The van der Waals surface area contributed by atoms with Crippen molar-refractivity contribution >= 4 is 46.7 Å². The number of anilines is 5. The van der Waals surface area contributed by atoms with Crippen molar-refractivity contribution in [2.75, 3.05) is 27.4 Å². The van der Waals surface area contributed by atoms with Crippen molar-refractivity contribution in [2.45, 2.75) is 51.0 Å². The molecule has 0 spiro atoms. The first-order valence-electron chi connectivity index (χ1n) is 12.4. The summed E-state index contributed by atoms with van der Waals surface area (Å²) in [6, 6.07) is 9.20. The normalized spacial score (nSPS) is 19.2. The molecule has 1 saturated carbocycles. The predicted octanol–water partition coefficient (Wildman–Crippen LogP) is 3.42. The molecule has 37 heavy (non-hydrogen) atoms. The summed E-state index contributed by atoms with van der Waals surface area (Å²) in [5.74, 6) is 2.35. The fourth-order valence-electron chi connectivity index (χ4n) is 4.75. The molecule has 5 heterocycles. The van der Waals surface area contributed by atoms with Crippen LogP contribution in [0.2, 0.25) is 0 Å². The average Bonchev–Trinajstić information content (AvgIpc) is 3.24. The summed E-state index contributed by atoms with van der Waals surface area (Å²) in [7, 11) is 0. The second kappa shape index (κ2) is 8.87. The summed E-state index contributed by atoms with van der Waals surface area (Å²) in [5.41, 5.74) is 1.54. The van der Waals surface area contributed by atoms with Gasteiger partial charge in [-0.15, -0.1) is 0 Å². The van der Waals surface area contributed by atoms with E-state index < -0.39 is 5.54 Å². The number of aromatic nitrogens is 6. The highest BCUT2D eigenvalue weighted by molar-refractivity contribution is 6.00. The van der Waals surface area contributed by atoms with E-state index >= 15 is 0 Å². The Morgan fingerprint density at radius 3 is 2.76 bits per heavy atom. The zero-order valence-electron chi connectivity index (χ0n) is 20.7. The Bertz CT molecular complexity index is 1470. The van der Waals surface area contributed by atoms with Gasteiger partial charge in [0.1, 0.15) is 17.0 Å². The van der Waals surface area contributed by atoms with Gasteiger partial charge in [-0.05, 0) is 56.9 Å². The predicted molar refractivity (Wildman–Crippen MR) is 139 cm³/mol. The number of aromatic amines is 1. The monoisotopic (exact) mass is 500 g/mol. The zero-order valence-corrected chi connectivity index (χ0v) is 20.7. The second-order valence-electron chi connectivity index (χ2n) is 9.79. The van der Waals surface area contributed by atoms with E-state index in [0.717, 1.165) is 17.8 Å². The van der Waals surface area contributed by atoms with Crippen LogP contribution in [0.25, 0.3) is 5.65 Å². The maximum atomic E-state index is 13.5. The van der Waals surface area contributed by atoms with Gasteiger partial charge in [0.2, 0.25) is 23.7 Å². The highest BCUT2D eigenvalue weighted by atomic mass is 16.2. The molecule has 4 aromatic heterocycles. The zero-order chi connectivity index (χ0) is 25.6. The van der Waals surface area contributed by atoms with Crippen LogP contribution >= 0.6 is 0 Å². The summed E-state index contributed by atoms with van der Waals surface area (Å²) < 4.78 is 1.87. The van der Waals surface area contributed by atoms with E-state index in [0.29, 0.717) is 48.1 Å². The van der Waals surface area contributed by atoms with E-state index in [-0.39, 0.29) is 11.8 Å². The molecule has 4 aromatic rings. The highest BCUT2D eigenvalue weighted by Gasteiger charge is 2.45. The standard InChI is InChI=1S/C25H28N10O2/c1-15(36)27-19-9-8-17(14-26-19)28-22(37)25(2)10-4-12-35(25)24-30-21-5-3-11-34(21)23(31-24)29-20-13-18(32-33-20)16-6-7-16/h3,5,8-9,11,13-14,16H,4,6-7,10,12H2,1-2H3,(H,28,37)(H,26,27,36)(H2,29,30,31,32,33)/t25-/m0/s1. The molecule has 2 aliphatic rings. The van der Waals surface area contributed by atoms with Gasteiger partial charge in [0.05, 0.1) is 11.9 Å². The Labute approximate surface area is 212 Å². The number of pyridine rings is 1. The lowest BCUT2D eigenvalue weighted by Gasteiger charge is -2.34. The van der Waals surface area contributed by atoms with Crippen molar-refractivity contribution in [2.24, 2.45) is 0 Å². The number of amides is 2. The number of hydrogen-bond acceptors (Lipinski definition) is 8. The smallest absolute Gasteiger partial charge is 0.250 e. The highest BCUT2D eigenvalue weighted by Crippen LogP contribution is 2.40. The van der Waals surface area contributed by atoms with Gasteiger partial charge in [0.25, 0.3) is 0 Å². The third-order valence-corrected chi connectivity index (χ3v) is 6.93. The molecule has 0 radical (unpaired) electrons. The quantitative estimate of drug-likeness (QED) is 0.302. The molecule has 0 bridgehead atoms. The Morgan fingerprint density at radius 1 is 1.14 bits per heavy atom. The molecule has 2 fully saturated rings. The molecule has 12 heteroatoms. The van der Waals surface area contributed by atoms with E-state index in [9.17, 15) is 9.59 Å². The van der Waals surface area contributed by atoms with Gasteiger partial charge in [0, 0.05) is 37.3 Å². The minimum atomic E-state index is -0.857. The van der Waals surface area contributed by atoms with E-state index in [2.05, 4.69) is 31.1 Å². The molecule has 4 N–H and O–H groups in total. The molecule has 1 aliphatic carbocycles. The first-order chi connectivity index (χ1) is 17.9. The van der Waals surface area contributed by atoms with Crippen LogP contribution in [0, 0.1) is 0 Å². The van der Waals surface area contributed by atoms with Gasteiger partial charge in [-0.1, -0.05) is 0 Å². The molecule has 1 aliphatic heterocycles. The number of nitrogens with zero attached hydrogens (tertiary/aromatic N) is 6. The molecule has 1 atom stereocenters. The third kappa shape index (κ3) is 4.46. The van der Waals surface area contributed by atoms with Crippen molar-refractivity contribution < 1.29 is 9.59 Å². The Morgan fingerprint density at radius 2 is 2.00 bits per heavy atom. The van der Waals surface area contributed by atoms with Crippen molar-refractivity contribution in [3.63, 3.8) is 0 Å². The van der Waals surface area contributed by atoms with Gasteiger partial charge >= 0.3 is 0 Å². The van der Waals surface area contributed by atoms with E-state index in [1.807, 2.05) is 40.6 Å². The number of fused-ring (bicyclic) bond motifs is 1. The average molecular weight is 501 g/mol. The van der Waals surface area contributed by atoms with Crippen LogP contribution in [0.1, 0.15) is 51.1 Å². The third-order valence-electron chi connectivity index (χ3n) is 6.93. The molecule has 190 valence electrons. The van der Waals surface area contributed by atoms with E-state index in [4.69, 9.17) is 9.97 Å². The van der Waals surface area contributed by atoms with Crippen LogP contribution in [0.15, 0.2) is 42.7 Å². The second-order valence-corrected chi connectivity index (χ2v) is 9.79. The van der Waals surface area contributed by atoms with Crippen LogP contribution in [0.4, 0.5) is 29.2 Å².